The normalized spacial score (nSPS) is 11.2. The Morgan fingerprint density at radius 3 is 2.61 bits per heavy atom. The van der Waals surface area contributed by atoms with Crippen molar-refractivity contribution in [2.45, 2.75) is 4.90 Å². The van der Waals surface area contributed by atoms with E-state index in [9.17, 15) is 13.2 Å². The minimum Gasteiger partial charge on any atom is -0.369 e. The third-order valence-electron chi connectivity index (χ3n) is 2.13. The highest BCUT2D eigenvalue weighted by Gasteiger charge is 2.24. The number of nitrogens with two attached hydrogens (primary N) is 1. The minimum absolute atomic E-state index is 0.0784. The fourth-order valence-corrected chi connectivity index (χ4v) is 2.90. The monoisotopic (exact) mass is 287 g/mol. The van der Waals surface area contributed by atoms with Crippen molar-refractivity contribution >= 4 is 27.5 Å². The van der Waals surface area contributed by atoms with Crippen LogP contribution < -0.4 is 5.73 Å². The van der Waals surface area contributed by atoms with Gasteiger partial charge in [-0.1, -0.05) is 11.6 Å². The maximum absolute atomic E-state index is 12.0. The number of nitriles is 1. The van der Waals surface area contributed by atoms with Crippen molar-refractivity contribution in [3.63, 3.8) is 0 Å². The molecule has 0 saturated carbocycles. The van der Waals surface area contributed by atoms with Crippen molar-refractivity contribution in [2.24, 2.45) is 5.73 Å². The van der Waals surface area contributed by atoms with Crippen LogP contribution in [0.3, 0.4) is 0 Å². The van der Waals surface area contributed by atoms with E-state index in [4.69, 9.17) is 22.6 Å². The lowest BCUT2D eigenvalue weighted by Gasteiger charge is -2.16. The Bertz CT molecular complexity index is 622. The summed E-state index contributed by atoms with van der Waals surface area (Å²) in [6.45, 7) is -0.446. The van der Waals surface area contributed by atoms with Crippen LogP contribution in [0.2, 0.25) is 5.02 Å². The lowest BCUT2D eigenvalue weighted by atomic mass is 10.2. The molecule has 0 saturated heterocycles. The molecule has 0 unspecified atom stereocenters. The van der Waals surface area contributed by atoms with Gasteiger partial charge in [0.05, 0.1) is 23.2 Å². The first-order valence-electron chi connectivity index (χ1n) is 4.73. The Balaban J connectivity index is 3.21. The van der Waals surface area contributed by atoms with Gasteiger partial charge < -0.3 is 5.73 Å². The number of sulfonamides is 1. The zero-order valence-electron chi connectivity index (χ0n) is 9.42. The maximum atomic E-state index is 12.0. The molecule has 6 nitrogen and oxygen atoms in total. The van der Waals surface area contributed by atoms with Gasteiger partial charge >= 0.3 is 0 Å². The van der Waals surface area contributed by atoms with Gasteiger partial charge in [-0.15, -0.1) is 0 Å². The molecular weight excluding hydrogens is 278 g/mol. The van der Waals surface area contributed by atoms with Crippen LogP contribution in [0.5, 0.6) is 0 Å². The minimum atomic E-state index is -3.90. The second-order valence-electron chi connectivity index (χ2n) is 3.48. The topological polar surface area (TPSA) is 104 Å². The van der Waals surface area contributed by atoms with Crippen LogP contribution in [-0.2, 0) is 14.8 Å². The van der Waals surface area contributed by atoms with Crippen molar-refractivity contribution in [2.75, 3.05) is 13.6 Å². The molecule has 1 aromatic rings. The van der Waals surface area contributed by atoms with Gasteiger partial charge in [0.1, 0.15) is 4.90 Å². The fraction of sp³-hybridized carbons (Fsp3) is 0.200. The highest BCUT2D eigenvalue weighted by molar-refractivity contribution is 7.89. The Morgan fingerprint density at radius 1 is 1.56 bits per heavy atom. The zero-order valence-corrected chi connectivity index (χ0v) is 11.0. The number of likely N-dealkylation sites (N-methyl/N-ethyl adjacent to an activating group) is 1. The maximum Gasteiger partial charge on any atom is 0.244 e. The number of hydrogen-bond donors (Lipinski definition) is 1. The zero-order chi connectivity index (χ0) is 13.9. The number of primary amides is 1. The summed E-state index contributed by atoms with van der Waals surface area (Å²) < 4.78 is 24.9. The van der Waals surface area contributed by atoms with E-state index < -0.39 is 22.5 Å². The van der Waals surface area contributed by atoms with Gasteiger partial charge in [-0.3, -0.25) is 4.79 Å². The van der Waals surface area contributed by atoms with Gasteiger partial charge in [0, 0.05) is 7.05 Å². The molecule has 0 aliphatic rings. The van der Waals surface area contributed by atoms with E-state index in [-0.39, 0.29) is 15.5 Å². The summed E-state index contributed by atoms with van der Waals surface area (Å²) in [7, 11) is -2.68. The number of hydrogen-bond acceptors (Lipinski definition) is 4. The average molecular weight is 288 g/mol. The summed E-state index contributed by atoms with van der Waals surface area (Å²) in [4.78, 5) is 10.5. The molecule has 18 heavy (non-hydrogen) atoms. The smallest absolute Gasteiger partial charge is 0.244 e. The molecule has 1 aromatic carbocycles. The van der Waals surface area contributed by atoms with Gasteiger partial charge in [0.2, 0.25) is 15.9 Å². The van der Waals surface area contributed by atoms with E-state index in [0.717, 1.165) is 4.31 Å². The number of rotatable bonds is 4. The first-order valence-corrected chi connectivity index (χ1v) is 6.55. The van der Waals surface area contributed by atoms with Crippen molar-refractivity contribution in [1.29, 1.82) is 5.26 Å². The van der Waals surface area contributed by atoms with E-state index in [1.807, 2.05) is 6.07 Å². The molecule has 0 aromatic heterocycles. The molecular formula is C10H10ClN3O3S. The molecule has 2 N–H and O–H groups in total. The Hall–Kier alpha value is -1.62. The van der Waals surface area contributed by atoms with Crippen molar-refractivity contribution in [3.8, 4) is 6.07 Å². The molecule has 0 fully saturated rings. The number of halogens is 1. The fourth-order valence-electron chi connectivity index (χ4n) is 1.25. The van der Waals surface area contributed by atoms with Crippen molar-refractivity contribution < 1.29 is 13.2 Å². The number of benzene rings is 1. The van der Waals surface area contributed by atoms with Crippen molar-refractivity contribution in [1.82, 2.24) is 4.31 Å². The van der Waals surface area contributed by atoms with E-state index >= 15 is 0 Å². The van der Waals surface area contributed by atoms with Crippen molar-refractivity contribution in [3.05, 3.63) is 28.8 Å². The van der Waals surface area contributed by atoms with Gasteiger partial charge in [0.25, 0.3) is 0 Å². The summed E-state index contributed by atoms with van der Waals surface area (Å²) >= 11 is 5.80. The lowest BCUT2D eigenvalue weighted by molar-refractivity contribution is -0.118. The van der Waals surface area contributed by atoms with Gasteiger partial charge in [0.15, 0.2) is 0 Å². The first-order chi connectivity index (χ1) is 8.28. The molecule has 0 bridgehead atoms. The summed E-state index contributed by atoms with van der Waals surface area (Å²) in [6, 6.07) is 5.63. The summed E-state index contributed by atoms with van der Waals surface area (Å²) in [6.07, 6.45) is 0. The second kappa shape index (κ2) is 5.35. The molecule has 0 heterocycles. The van der Waals surface area contributed by atoms with Crippen LogP contribution in [0.1, 0.15) is 5.56 Å². The third-order valence-corrected chi connectivity index (χ3v) is 4.41. The van der Waals surface area contributed by atoms with Crippen LogP contribution >= 0.6 is 11.6 Å². The van der Waals surface area contributed by atoms with E-state index in [0.29, 0.717) is 0 Å². The summed E-state index contributed by atoms with van der Waals surface area (Å²) in [5.41, 5.74) is 5.18. The summed E-state index contributed by atoms with van der Waals surface area (Å²) in [5, 5.41) is 8.58. The van der Waals surface area contributed by atoms with Crippen LogP contribution in [0, 0.1) is 11.3 Å². The predicted molar refractivity (Wildman–Crippen MR) is 65.2 cm³/mol. The highest BCUT2D eigenvalue weighted by Crippen LogP contribution is 2.24. The molecule has 0 aliphatic heterocycles. The Morgan fingerprint density at radius 2 is 2.17 bits per heavy atom. The molecule has 0 spiro atoms. The number of amides is 1. The van der Waals surface area contributed by atoms with Crippen LogP contribution in [-0.4, -0.2) is 32.2 Å². The first kappa shape index (κ1) is 14.4. The standard InChI is InChI=1S/C10H10ClN3O3S/c1-14(6-10(13)15)18(16,17)9-3-2-7(5-12)4-8(9)11/h2-4H,6H2,1H3,(H2,13,15). The summed E-state index contributed by atoms with van der Waals surface area (Å²) in [5.74, 6) is -0.772. The van der Waals surface area contributed by atoms with Crippen LogP contribution in [0.15, 0.2) is 23.1 Å². The van der Waals surface area contributed by atoms with Gasteiger partial charge in [-0.2, -0.15) is 9.57 Å². The predicted octanol–water partition coefficient (Wildman–Crippen LogP) is 0.317. The molecule has 0 aliphatic carbocycles. The molecule has 8 heteroatoms. The van der Waals surface area contributed by atoms with Crippen LogP contribution in [0.4, 0.5) is 0 Å². The quantitative estimate of drug-likeness (QED) is 0.861. The molecule has 0 radical (unpaired) electrons. The molecule has 0 atom stereocenters. The number of carbonyl (C=O) groups is 1. The Labute approximate surface area is 110 Å². The third kappa shape index (κ3) is 2.98. The van der Waals surface area contributed by atoms with Crippen LogP contribution in [0.25, 0.3) is 0 Å². The molecule has 1 amide bonds. The second-order valence-corrected chi connectivity index (χ2v) is 5.90. The number of nitrogens with zero attached hydrogens (tertiary/aromatic N) is 2. The SMILES string of the molecule is CN(CC(N)=O)S(=O)(=O)c1ccc(C#N)cc1Cl. The van der Waals surface area contributed by atoms with E-state index in [1.165, 1.54) is 25.2 Å². The Kier molecular flexibility index (Phi) is 4.29. The van der Waals surface area contributed by atoms with Gasteiger partial charge in [-0.25, -0.2) is 8.42 Å². The molecule has 96 valence electrons. The lowest BCUT2D eigenvalue weighted by Crippen LogP contribution is -2.35. The van der Waals surface area contributed by atoms with Gasteiger partial charge in [-0.05, 0) is 18.2 Å². The van der Waals surface area contributed by atoms with E-state index in [2.05, 4.69) is 0 Å². The largest absolute Gasteiger partial charge is 0.369 e. The molecule has 1 rings (SSSR count). The number of carbonyl (C=O) groups excluding carboxylic acids is 1. The van der Waals surface area contributed by atoms with E-state index in [1.54, 1.807) is 0 Å². The highest BCUT2D eigenvalue weighted by atomic mass is 35.5. The average Bonchev–Trinajstić information content (AvgIpc) is 2.27.